The summed E-state index contributed by atoms with van der Waals surface area (Å²) < 4.78 is 5.10. The van der Waals surface area contributed by atoms with Gasteiger partial charge in [0.05, 0.1) is 18.4 Å². The third kappa shape index (κ3) is 4.51. The Morgan fingerprint density at radius 3 is 2.53 bits per heavy atom. The molecule has 4 aromatic rings. The van der Waals surface area contributed by atoms with Crippen molar-refractivity contribution in [2.24, 2.45) is 0 Å². The van der Waals surface area contributed by atoms with Crippen LogP contribution in [0.25, 0.3) is 11.1 Å². The van der Waals surface area contributed by atoms with Gasteiger partial charge in [-0.2, -0.15) is 0 Å². The van der Waals surface area contributed by atoms with E-state index in [1.807, 2.05) is 60.7 Å². The number of aromatic nitrogens is 1. The average Bonchev–Trinajstić information content (AvgIpc) is 3.03. The van der Waals surface area contributed by atoms with Crippen molar-refractivity contribution in [3.8, 4) is 17.0 Å². The van der Waals surface area contributed by atoms with Crippen LogP contribution in [0.4, 0.5) is 5.69 Å². The molecule has 2 N–H and O–H groups in total. The van der Waals surface area contributed by atoms with Crippen molar-refractivity contribution in [1.29, 1.82) is 0 Å². The SMILES string of the molecule is COc1ccc(-c2ccc(CNC(=O)c3ccc4c(c3)NC(=O)c3ccccc3S4)cc2)cn1. The molecular weight excluding hydrogens is 446 g/mol. The number of benzene rings is 3. The Balaban J connectivity index is 1.25. The van der Waals surface area contributed by atoms with E-state index >= 15 is 0 Å². The van der Waals surface area contributed by atoms with Gasteiger partial charge in [0.15, 0.2) is 0 Å². The number of carbonyl (C=O) groups excluding carboxylic acids is 2. The molecule has 0 spiro atoms. The number of ether oxygens (including phenoxy) is 1. The molecule has 0 saturated carbocycles. The van der Waals surface area contributed by atoms with E-state index in [1.54, 1.807) is 31.5 Å². The number of rotatable bonds is 5. The molecule has 6 nitrogen and oxygen atoms in total. The van der Waals surface area contributed by atoms with E-state index < -0.39 is 0 Å². The quantitative estimate of drug-likeness (QED) is 0.411. The highest BCUT2D eigenvalue weighted by Gasteiger charge is 2.20. The lowest BCUT2D eigenvalue weighted by Crippen LogP contribution is -2.23. The maximum absolute atomic E-state index is 12.8. The van der Waals surface area contributed by atoms with Crippen molar-refractivity contribution in [2.75, 3.05) is 12.4 Å². The van der Waals surface area contributed by atoms with Gasteiger partial charge in [-0.1, -0.05) is 48.2 Å². The van der Waals surface area contributed by atoms with E-state index in [0.29, 0.717) is 29.2 Å². The summed E-state index contributed by atoms with van der Waals surface area (Å²) >= 11 is 1.51. The topological polar surface area (TPSA) is 80.3 Å². The Morgan fingerprint density at radius 2 is 1.76 bits per heavy atom. The van der Waals surface area contributed by atoms with Crippen LogP contribution in [-0.4, -0.2) is 23.9 Å². The molecule has 0 saturated heterocycles. The predicted octanol–water partition coefficient (Wildman–Crippen LogP) is 5.40. The van der Waals surface area contributed by atoms with Crippen molar-refractivity contribution in [3.63, 3.8) is 0 Å². The van der Waals surface area contributed by atoms with Crippen molar-refractivity contribution >= 4 is 29.3 Å². The van der Waals surface area contributed by atoms with Gasteiger partial charge in [0, 0.05) is 39.7 Å². The number of methoxy groups -OCH3 is 1. The molecule has 3 aromatic carbocycles. The Labute approximate surface area is 201 Å². The highest BCUT2D eigenvalue weighted by Crippen LogP contribution is 2.39. The van der Waals surface area contributed by atoms with Gasteiger partial charge in [-0.25, -0.2) is 4.98 Å². The fourth-order valence-electron chi connectivity index (χ4n) is 3.68. The number of nitrogens with zero attached hydrogens (tertiary/aromatic N) is 1. The number of anilines is 1. The Morgan fingerprint density at radius 1 is 0.971 bits per heavy atom. The Hall–Kier alpha value is -4.10. The van der Waals surface area contributed by atoms with Crippen LogP contribution in [0.3, 0.4) is 0 Å². The van der Waals surface area contributed by atoms with Gasteiger partial charge < -0.3 is 15.4 Å². The zero-order chi connectivity index (χ0) is 23.5. The largest absolute Gasteiger partial charge is 0.481 e. The first-order valence-corrected chi connectivity index (χ1v) is 11.5. The second-order valence-electron chi connectivity index (χ2n) is 7.73. The van der Waals surface area contributed by atoms with Crippen LogP contribution in [0.15, 0.2) is 94.9 Å². The maximum Gasteiger partial charge on any atom is 0.256 e. The monoisotopic (exact) mass is 467 g/mol. The van der Waals surface area contributed by atoms with E-state index in [4.69, 9.17) is 4.74 Å². The van der Waals surface area contributed by atoms with Crippen LogP contribution in [0.2, 0.25) is 0 Å². The first kappa shape index (κ1) is 21.7. The second kappa shape index (κ2) is 9.41. The van der Waals surface area contributed by atoms with Crippen LogP contribution in [-0.2, 0) is 6.54 Å². The predicted molar refractivity (Wildman–Crippen MR) is 132 cm³/mol. The molecule has 1 aromatic heterocycles. The molecule has 2 amide bonds. The van der Waals surface area contributed by atoms with E-state index in [-0.39, 0.29) is 11.8 Å². The highest BCUT2D eigenvalue weighted by atomic mass is 32.2. The van der Waals surface area contributed by atoms with E-state index in [9.17, 15) is 9.59 Å². The lowest BCUT2D eigenvalue weighted by molar-refractivity contribution is 0.0949. The molecule has 0 unspecified atom stereocenters. The zero-order valence-electron chi connectivity index (χ0n) is 18.4. The van der Waals surface area contributed by atoms with Gasteiger partial charge >= 0.3 is 0 Å². The maximum atomic E-state index is 12.8. The molecule has 1 aliphatic rings. The van der Waals surface area contributed by atoms with E-state index in [0.717, 1.165) is 26.5 Å². The van der Waals surface area contributed by atoms with E-state index in [1.165, 1.54) is 11.8 Å². The van der Waals surface area contributed by atoms with Gasteiger partial charge in [0.1, 0.15) is 0 Å². The van der Waals surface area contributed by atoms with Crippen LogP contribution in [0, 0.1) is 0 Å². The normalized spacial score (nSPS) is 12.1. The third-order valence-electron chi connectivity index (χ3n) is 5.53. The lowest BCUT2D eigenvalue weighted by atomic mass is 10.1. The van der Waals surface area contributed by atoms with Crippen LogP contribution < -0.4 is 15.4 Å². The van der Waals surface area contributed by atoms with Gasteiger partial charge in [-0.05, 0) is 47.5 Å². The first-order chi connectivity index (χ1) is 16.6. The molecule has 5 rings (SSSR count). The average molecular weight is 468 g/mol. The molecule has 0 aliphatic carbocycles. The van der Waals surface area contributed by atoms with Crippen LogP contribution in [0.1, 0.15) is 26.3 Å². The molecule has 1 aliphatic heterocycles. The summed E-state index contributed by atoms with van der Waals surface area (Å²) in [5.74, 6) is 0.197. The number of carbonyl (C=O) groups is 2. The molecule has 7 heteroatoms. The smallest absolute Gasteiger partial charge is 0.256 e. The van der Waals surface area contributed by atoms with E-state index in [2.05, 4.69) is 15.6 Å². The van der Waals surface area contributed by atoms with Crippen molar-refractivity contribution in [2.45, 2.75) is 16.3 Å². The number of nitrogens with one attached hydrogen (secondary N) is 2. The number of amides is 2. The molecule has 0 bridgehead atoms. The molecule has 2 heterocycles. The minimum atomic E-state index is -0.202. The third-order valence-corrected chi connectivity index (χ3v) is 6.68. The molecule has 0 atom stereocenters. The summed E-state index contributed by atoms with van der Waals surface area (Å²) in [5, 5.41) is 5.88. The second-order valence-corrected chi connectivity index (χ2v) is 8.82. The molecule has 34 heavy (non-hydrogen) atoms. The minimum absolute atomic E-state index is 0.174. The van der Waals surface area contributed by atoms with Gasteiger partial charge in [-0.3, -0.25) is 9.59 Å². The minimum Gasteiger partial charge on any atom is -0.481 e. The summed E-state index contributed by atoms with van der Waals surface area (Å²) in [6.07, 6.45) is 1.77. The highest BCUT2D eigenvalue weighted by molar-refractivity contribution is 7.99. The fourth-order valence-corrected chi connectivity index (χ4v) is 4.69. The summed E-state index contributed by atoms with van der Waals surface area (Å²) in [7, 11) is 1.59. The summed E-state index contributed by atoms with van der Waals surface area (Å²) in [6, 6.07) is 24.6. The van der Waals surface area contributed by atoms with Crippen LogP contribution in [0.5, 0.6) is 5.88 Å². The number of hydrogen-bond donors (Lipinski definition) is 2. The zero-order valence-corrected chi connectivity index (χ0v) is 19.2. The van der Waals surface area contributed by atoms with Gasteiger partial charge in [0.2, 0.25) is 5.88 Å². The molecule has 0 fully saturated rings. The summed E-state index contributed by atoms with van der Waals surface area (Å²) in [4.78, 5) is 31.4. The lowest BCUT2D eigenvalue weighted by Gasteiger charge is -2.10. The standard InChI is InChI=1S/C27H21N3O3S/c1-33-25-13-11-20(16-28-25)18-8-6-17(7-9-18)15-29-26(31)19-10-12-24-22(14-19)30-27(32)21-4-2-3-5-23(21)34-24/h2-14,16H,15H2,1H3,(H,29,31)(H,30,32). The van der Waals surface area contributed by atoms with Gasteiger partial charge in [0.25, 0.3) is 11.8 Å². The Kier molecular flexibility index (Phi) is 6.01. The van der Waals surface area contributed by atoms with Crippen molar-refractivity contribution < 1.29 is 14.3 Å². The summed E-state index contributed by atoms with van der Waals surface area (Å²) in [5.41, 5.74) is 4.76. The summed E-state index contributed by atoms with van der Waals surface area (Å²) in [6.45, 7) is 0.392. The van der Waals surface area contributed by atoms with Crippen LogP contribution >= 0.6 is 11.8 Å². The molecule has 168 valence electrons. The molecule has 0 radical (unpaired) electrons. The fraction of sp³-hybridized carbons (Fsp3) is 0.0741. The van der Waals surface area contributed by atoms with Crippen molar-refractivity contribution in [3.05, 3.63) is 102 Å². The first-order valence-electron chi connectivity index (χ1n) is 10.7. The number of pyridine rings is 1. The van der Waals surface area contributed by atoms with Crippen molar-refractivity contribution in [1.82, 2.24) is 10.3 Å². The van der Waals surface area contributed by atoms with Gasteiger partial charge in [-0.15, -0.1) is 0 Å². The Bertz CT molecular complexity index is 1370. The number of hydrogen-bond acceptors (Lipinski definition) is 5. The molecular formula is C27H21N3O3S. The number of fused-ring (bicyclic) bond motifs is 2.